The molecule has 0 bridgehead atoms. The van der Waals surface area contributed by atoms with Gasteiger partial charge in [0.1, 0.15) is 23.1 Å². The van der Waals surface area contributed by atoms with Crippen LogP contribution in [0, 0.1) is 17.6 Å². The number of nitrogens with zero attached hydrogens (tertiary/aromatic N) is 6. The fourth-order valence-corrected chi connectivity index (χ4v) is 7.44. The minimum Gasteiger partial charge on any atom is -0.425 e. The van der Waals surface area contributed by atoms with Crippen molar-refractivity contribution in [2.75, 3.05) is 30.8 Å². The third kappa shape index (κ3) is 5.92. The molecular weight excluding hydrogens is 670 g/mol. The second kappa shape index (κ2) is 12.7. The topological polar surface area (TPSA) is 145 Å². The highest BCUT2D eigenvalue weighted by Crippen LogP contribution is 2.42. The van der Waals surface area contributed by atoms with E-state index in [1.807, 2.05) is 6.92 Å². The van der Waals surface area contributed by atoms with Crippen LogP contribution in [0.2, 0.25) is 0 Å². The molecule has 0 radical (unpaired) electrons. The number of hydrogen-bond donors (Lipinski definition) is 0. The number of pyridine rings is 2. The van der Waals surface area contributed by atoms with Crippen molar-refractivity contribution in [2.24, 2.45) is 5.92 Å². The number of benzene rings is 1. The minimum absolute atomic E-state index is 0.0388. The maximum Gasteiger partial charge on any atom is 0.355 e. The summed E-state index contributed by atoms with van der Waals surface area (Å²) < 4.78 is 65.0. The van der Waals surface area contributed by atoms with Gasteiger partial charge in [0.15, 0.2) is 26.3 Å². The highest BCUT2D eigenvalue weighted by molar-refractivity contribution is 7.90. The third-order valence-electron chi connectivity index (χ3n) is 9.56. The van der Waals surface area contributed by atoms with Crippen LogP contribution in [0.4, 0.5) is 14.6 Å². The number of fused-ring (bicyclic) bond motifs is 1. The molecule has 50 heavy (non-hydrogen) atoms. The number of aromatic nitrogens is 4. The normalized spacial score (nSPS) is 18.2. The Kier molecular flexibility index (Phi) is 8.48. The maximum absolute atomic E-state index is 16.4. The van der Waals surface area contributed by atoms with Gasteiger partial charge in [0, 0.05) is 38.1 Å². The van der Waals surface area contributed by atoms with Gasteiger partial charge in [-0.15, -0.1) is 0 Å². The molecule has 0 spiro atoms. The van der Waals surface area contributed by atoms with Crippen LogP contribution in [0.25, 0.3) is 28.0 Å². The van der Waals surface area contributed by atoms with E-state index in [2.05, 4.69) is 21.5 Å². The van der Waals surface area contributed by atoms with Gasteiger partial charge in [0.2, 0.25) is 5.91 Å². The molecule has 15 heteroatoms. The fraction of sp³-hybridized carbons (Fsp3) is 0.371. The van der Waals surface area contributed by atoms with Crippen molar-refractivity contribution in [1.82, 2.24) is 24.4 Å². The molecule has 1 amide bonds. The predicted molar refractivity (Wildman–Crippen MR) is 180 cm³/mol. The van der Waals surface area contributed by atoms with Gasteiger partial charge in [-0.2, -0.15) is 4.98 Å². The average Bonchev–Trinajstić information content (AvgIpc) is 3.90. The predicted octanol–water partition coefficient (Wildman–Crippen LogP) is 4.33. The van der Waals surface area contributed by atoms with Gasteiger partial charge in [-0.25, -0.2) is 36.5 Å². The van der Waals surface area contributed by atoms with Crippen molar-refractivity contribution >= 4 is 38.6 Å². The molecule has 12 nitrogen and oxygen atoms in total. The van der Waals surface area contributed by atoms with Crippen LogP contribution >= 0.6 is 0 Å². The first-order valence-electron chi connectivity index (χ1n) is 16.4. The average molecular weight is 705 g/mol. The maximum atomic E-state index is 16.4. The summed E-state index contributed by atoms with van der Waals surface area (Å²) in [5.41, 5.74) is -1.62. The van der Waals surface area contributed by atoms with E-state index in [-0.39, 0.29) is 70.7 Å². The molecule has 3 aromatic heterocycles. The van der Waals surface area contributed by atoms with Gasteiger partial charge >= 0.3 is 11.7 Å². The number of halogens is 2. The van der Waals surface area contributed by atoms with Gasteiger partial charge in [-0.3, -0.25) is 9.59 Å². The van der Waals surface area contributed by atoms with Crippen LogP contribution in [0.15, 0.2) is 59.0 Å². The monoisotopic (exact) mass is 704 g/mol. The standard InChI is InChI=1S/C35H34F2N6O6S/c1-4-27(44)41-15-16-42(19(2)18-41)31-23-17-25(37)29(28-24(36)9-6-10-26(28)49-34(45)21-11-12-21)39-32(23)43(35(46)40-31)30-22(20-7-5-8-20)13-14-38-33(30)50(3,47)48/h4,6,9-10,13-14,17,19-21H,1,5,7-8,11-12,15-16,18H2,2-3H3/t19-/m0/s1. The van der Waals surface area contributed by atoms with Gasteiger partial charge < -0.3 is 14.5 Å². The number of rotatable bonds is 8. The minimum atomic E-state index is -4.04. The molecular formula is C35H34F2N6O6S. The largest absolute Gasteiger partial charge is 0.425 e. The number of amides is 1. The Morgan fingerprint density at radius 3 is 2.46 bits per heavy atom. The summed E-state index contributed by atoms with van der Waals surface area (Å²) in [6.07, 6.45) is 7.18. The molecule has 1 saturated heterocycles. The second-order valence-corrected chi connectivity index (χ2v) is 15.0. The van der Waals surface area contributed by atoms with Gasteiger partial charge in [-0.1, -0.05) is 19.1 Å². The fourth-order valence-electron chi connectivity index (χ4n) is 6.63. The summed E-state index contributed by atoms with van der Waals surface area (Å²) >= 11 is 0. The van der Waals surface area contributed by atoms with Gasteiger partial charge in [-0.05, 0) is 74.4 Å². The van der Waals surface area contributed by atoms with Crippen molar-refractivity contribution in [1.29, 1.82) is 0 Å². The lowest BCUT2D eigenvalue weighted by Crippen LogP contribution is -2.54. The molecule has 2 saturated carbocycles. The molecule has 2 aliphatic carbocycles. The SMILES string of the molecule is C=CC(=O)N1CCN(c2nc(=O)n(-c3c(C4CCC4)ccnc3S(C)(=O)=O)c3nc(-c4c(F)cccc4OC(=O)C4CC4)c(F)cc23)[C@@H](C)C1. The van der Waals surface area contributed by atoms with Crippen LogP contribution in [-0.4, -0.2) is 76.6 Å². The Hall–Kier alpha value is -5.05. The molecule has 0 unspecified atom stereocenters. The van der Waals surface area contributed by atoms with Crippen molar-refractivity contribution in [3.8, 4) is 22.7 Å². The Labute approximate surface area is 286 Å². The zero-order chi connectivity index (χ0) is 35.5. The first-order chi connectivity index (χ1) is 23.9. The third-order valence-corrected chi connectivity index (χ3v) is 10.6. The van der Waals surface area contributed by atoms with Gasteiger partial charge in [0.05, 0.1) is 22.6 Å². The zero-order valence-corrected chi connectivity index (χ0v) is 28.3. The lowest BCUT2D eigenvalue weighted by atomic mass is 9.79. The Morgan fingerprint density at radius 1 is 1.06 bits per heavy atom. The van der Waals surface area contributed by atoms with Gasteiger partial charge in [0.25, 0.3) is 0 Å². The zero-order valence-electron chi connectivity index (χ0n) is 27.4. The molecule has 1 atom stereocenters. The highest BCUT2D eigenvalue weighted by Gasteiger charge is 2.35. The summed E-state index contributed by atoms with van der Waals surface area (Å²) in [6.45, 7) is 6.10. The smallest absolute Gasteiger partial charge is 0.355 e. The Balaban J connectivity index is 1.52. The Bertz CT molecular complexity index is 2250. The van der Waals surface area contributed by atoms with E-state index >= 15 is 8.78 Å². The number of anilines is 1. The van der Waals surface area contributed by atoms with Crippen molar-refractivity contribution in [3.05, 3.63) is 76.9 Å². The molecule has 1 aromatic carbocycles. The van der Waals surface area contributed by atoms with Crippen molar-refractivity contribution in [3.63, 3.8) is 0 Å². The number of esters is 1. The molecule has 3 fully saturated rings. The van der Waals surface area contributed by atoms with E-state index in [9.17, 15) is 22.8 Å². The molecule has 0 N–H and O–H groups in total. The van der Waals surface area contributed by atoms with E-state index in [0.717, 1.165) is 42.2 Å². The van der Waals surface area contributed by atoms with Crippen LogP contribution in [0.1, 0.15) is 50.5 Å². The number of hydrogen-bond acceptors (Lipinski definition) is 10. The van der Waals surface area contributed by atoms with E-state index < -0.39 is 50.4 Å². The van der Waals surface area contributed by atoms with E-state index in [1.165, 1.54) is 24.4 Å². The number of ether oxygens (including phenoxy) is 1. The number of carbonyl (C=O) groups excluding carboxylic acids is 2. The number of piperazine rings is 1. The van der Waals surface area contributed by atoms with Crippen LogP contribution in [0.3, 0.4) is 0 Å². The number of carbonyl (C=O) groups is 2. The summed E-state index contributed by atoms with van der Waals surface area (Å²) in [4.78, 5) is 55.8. The molecule has 1 aliphatic heterocycles. The lowest BCUT2D eigenvalue weighted by molar-refractivity contribution is -0.135. The summed E-state index contributed by atoms with van der Waals surface area (Å²) in [6, 6.07) is 6.05. The van der Waals surface area contributed by atoms with E-state index in [1.54, 1.807) is 15.9 Å². The molecule has 4 heterocycles. The first-order valence-corrected chi connectivity index (χ1v) is 18.3. The summed E-state index contributed by atoms with van der Waals surface area (Å²) in [5.74, 6) is -3.39. The highest BCUT2D eigenvalue weighted by atomic mass is 32.2. The lowest BCUT2D eigenvalue weighted by Gasteiger charge is -2.40. The molecule has 3 aliphatic rings. The molecule has 260 valence electrons. The van der Waals surface area contributed by atoms with Crippen LogP contribution in [0.5, 0.6) is 5.75 Å². The second-order valence-electron chi connectivity index (χ2n) is 13.0. The van der Waals surface area contributed by atoms with Crippen molar-refractivity contribution in [2.45, 2.75) is 56.0 Å². The first kappa shape index (κ1) is 33.4. The number of sulfone groups is 1. The van der Waals surface area contributed by atoms with Crippen LogP contribution in [-0.2, 0) is 19.4 Å². The van der Waals surface area contributed by atoms with Crippen molar-refractivity contribution < 1.29 is 31.5 Å². The Morgan fingerprint density at radius 2 is 1.82 bits per heavy atom. The summed E-state index contributed by atoms with van der Waals surface area (Å²) in [5, 5.41) is -0.348. The summed E-state index contributed by atoms with van der Waals surface area (Å²) in [7, 11) is -4.04. The van der Waals surface area contributed by atoms with Crippen LogP contribution < -0.4 is 15.3 Å². The quantitative estimate of drug-likeness (QED) is 0.148. The van der Waals surface area contributed by atoms with E-state index in [4.69, 9.17) is 4.74 Å². The molecule has 4 aromatic rings. The molecule has 7 rings (SSSR count). The van der Waals surface area contributed by atoms with E-state index in [0.29, 0.717) is 18.4 Å².